The van der Waals surface area contributed by atoms with Crippen molar-refractivity contribution in [1.82, 2.24) is 15.4 Å². The Morgan fingerprint density at radius 3 is 2.57 bits per heavy atom. The molecule has 10 heteroatoms. The molecule has 1 aliphatic rings. The first-order chi connectivity index (χ1) is 13.2. The van der Waals surface area contributed by atoms with E-state index in [0.29, 0.717) is 24.3 Å². The first kappa shape index (κ1) is 22.9. The number of ether oxygens (including phenoxy) is 1. The molecule has 1 aromatic rings. The van der Waals surface area contributed by atoms with Crippen LogP contribution in [-0.4, -0.2) is 57.0 Å². The lowest BCUT2D eigenvalue weighted by atomic mass is 9.97. The van der Waals surface area contributed by atoms with Crippen molar-refractivity contribution in [2.24, 2.45) is 0 Å². The number of halogens is 1. The molecule has 1 heterocycles. The van der Waals surface area contributed by atoms with Gasteiger partial charge in [0.2, 0.25) is 10.0 Å². The van der Waals surface area contributed by atoms with Gasteiger partial charge in [-0.3, -0.25) is 0 Å². The highest BCUT2D eigenvalue weighted by Gasteiger charge is 2.32. The van der Waals surface area contributed by atoms with Gasteiger partial charge in [-0.15, -0.1) is 0 Å². The number of aliphatic hydroxyl groups excluding tert-OH is 1. The molecule has 28 heavy (non-hydrogen) atoms. The lowest BCUT2D eigenvalue weighted by molar-refractivity contribution is -0.0886. The first-order valence-electron chi connectivity index (χ1n) is 9.30. The van der Waals surface area contributed by atoms with Gasteiger partial charge in [0.1, 0.15) is 6.10 Å². The number of nitrogens with one attached hydrogen (secondary N) is 3. The Balaban J connectivity index is 1.81. The third kappa shape index (κ3) is 6.89. The van der Waals surface area contributed by atoms with Crippen LogP contribution >= 0.6 is 11.6 Å². The summed E-state index contributed by atoms with van der Waals surface area (Å²) < 4.78 is 32.9. The van der Waals surface area contributed by atoms with Crippen LogP contribution in [0.5, 0.6) is 0 Å². The van der Waals surface area contributed by atoms with E-state index in [0.717, 1.165) is 0 Å². The van der Waals surface area contributed by atoms with Crippen LogP contribution in [-0.2, 0) is 14.8 Å². The molecule has 0 aliphatic carbocycles. The molecule has 2 amide bonds. The van der Waals surface area contributed by atoms with Crippen molar-refractivity contribution in [3.05, 3.63) is 29.3 Å². The summed E-state index contributed by atoms with van der Waals surface area (Å²) in [6.07, 6.45) is 1.05. The second-order valence-electron chi connectivity index (χ2n) is 7.08. The predicted octanol–water partition coefficient (Wildman–Crippen LogP) is 1.62. The van der Waals surface area contributed by atoms with Crippen LogP contribution in [0.2, 0.25) is 5.02 Å². The van der Waals surface area contributed by atoms with Gasteiger partial charge in [-0.25, -0.2) is 17.9 Å². The van der Waals surface area contributed by atoms with Gasteiger partial charge in [0.15, 0.2) is 0 Å². The number of sulfonamides is 1. The Bertz CT molecular complexity index is 742. The van der Waals surface area contributed by atoms with Gasteiger partial charge >= 0.3 is 6.03 Å². The molecule has 0 saturated carbocycles. The molecule has 158 valence electrons. The van der Waals surface area contributed by atoms with Crippen LogP contribution in [0.25, 0.3) is 0 Å². The molecule has 0 unspecified atom stereocenters. The van der Waals surface area contributed by atoms with Crippen molar-refractivity contribution in [2.45, 2.75) is 62.3 Å². The van der Waals surface area contributed by atoms with E-state index in [1.54, 1.807) is 0 Å². The van der Waals surface area contributed by atoms with Crippen LogP contribution < -0.4 is 15.4 Å². The van der Waals surface area contributed by atoms with Gasteiger partial charge in [-0.1, -0.05) is 11.6 Å². The number of hydrogen-bond donors (Lipinski definition) is 4. The van der Waals surface area contributed by atoms with Crippen LogP contribution in [0.15, 0.2) is 29.2 Å². The minimum atomic E-state index is -3.61. The van der Waals surface area contributed by atoms with Gasteiger partial charge in [-0.05, 0) is 57.4 Å². The molecule has 4 N–H and O–H groups in total. The highest BCUT2D eigenvalue weighted by molar-refractivity contribution is 7.89. The Morgan fingerprint density at radius 1 is 1.29 bits per heavy atom. The lowest BCUT2D eigenvalue weighted by Crippen LogP contribution is -2.54. The fourth-order valence-corrected chi connectivity index (χ4v) is 4.21. The van der Waals surface area contributed by atoms with Gasteiger partial charge in [0.05, 0.1) is 23.6 Å². The van der Waals surface area contributed by atoms with Gasteiger partial charge in [0, 0.05) is 17.6 Å². The zero-order valence-electron chi connectivity index (χ0n) is 16.0. The number of urea groups is 1. The summed E-state index contributed by atoms with van der Waals surface area (Å²) in [6, 6.07) is 5.37. The summed E-state index contributed by atoms with van der Waals surface area (Å²) in [6.45, 7) is 3.71. The van der Waals surface area contributed by atoms with E-state index >= 15 is 0 Å². The third-order valence-electron chi connectivity index (χ3n) is 4.41. The van der Waals surface area contributed by atoms with Crippen LogP contribution in [0.1, 0.15) is 33.1 Å². The summed E-state index contributed by atoms with van der Waals surface area (Å²) in [7, 11) is -3.61. The second kappa shape index (κ2) is 10.4. The maximum Gasteiger partial charge on any atom is 0.315 e. The largest absolute Gasteiger partial charge is 0.394 e. The van der Waals surface area contributed by atoms with E-state index in [4.69, 9.17) is 16.3 Å². The Labute approximate surface area is 171 Å². The molecule has 1 saturated heterocycles. The Hall–Kier alpha value is -1.39. The molecule has 0 bridgehead atoms. The van der Waals surface area contributed by atoms with Crippen molar-refractivity contribution in [3.8, 4) is 0 Å². The second-order valence-corrected chi connectivity index (χ2v) is 9.28. The topological polar surface area (TPSA) is 117 Å². The van der Waals surface area contributed by atoms with Crippen molar-refractivity contribution < 1.29 is 23.1 Å². The quantitative estimate of drug-likeness (QED) is 0.497. The molecular weight excluding hydrogens is 406 g/mol. The molecule has 8 nitrogen and oxygen atoms in total. The fraction of sp³-hybridized carbons (Fsp3) is 0.611. The number of aliphatic hydroxyl groups is 1. The van der Waals surface area contributed by atoms with E-state index in [-0.39, 0.29) is 42.3 Å². The van der Waals surface area contributed by atoms with Crippen molar-refractivity contribution in [2.75, 3.05) is 13.2 Å². The van der Waals surface area contributed by atoms with E-state index in [1.807, 2.05) is 13.8 Å². The van der Waals surface area contributed by atoms with Gasteiger partial charge < -0.3 is 20.5 Å². The normalized spacial score (nSPS) is 22.8. The summed E-state index contributed by atoms with van der Waals surface area (Å²) >= 11 is 5.78. The maximum absolute atomic E-state index is 12.3. The lowest BCUT2D eigenvalue weighted by Gasteiger charge is -2.36. The highest BCUT2D eigenvalue weighted by Crippen LogP contribution is 2.22. The number of benzene rings is 1. The molecule has 1 fully saturated rings. The zero-order valence-corrected chi connectivity index (χ0v) is 17.6. The number of hydrogen-bond acceptors (Lipinski definition) is 5. The summed E-state index contributed by atoms with van der Waals surface area (Å²) in [4.78, 5) is 12.0. The monoisotopic (exact) mass is 433 g/mol. The number of rotatable bonds is 8. The van der Waals surface area contributed by atoms with E-state index in [9.17, 15) is 18.3 Å². The summed E-state index contributed by atoms with van der Waals surface area (Å²) in [5.41, 5.74) is 0. The van der Waals surface area contributed by atoms with E-state index < -0.39 is 16.1 Å². The molecule has 0 radical (unpaired) electrons. The molecular formula is C18H28ClN3O5S. The average molecular weight is 434 g/mol. The standard InChI is InChI=1S/C18H28ClN3O5S/c1-12(2)21-18(24)22-16-8-5-14(27-17(16)11-23)9-10-20-28(25,26)15-6-3-13(19)4-7-15/h3-4,6-7,12,14,16-17,20,23H,5,8-11H2,1-2H3,(H2,21,22,24)/t14-,16-,17-/m1/s1. The van der Waals surface area contributed by atoms with Crippen LogP contribution in [0.4, 0.5) is 4.79 Å². The fourth-order valence-electron chi connectivity index (χ4n) is 3.03. The van der Waals surface area contributed by atoms with Crippen LogP contribution in [0.3, 0.4) is 0 Å². The molecule has 1 aliphatic heterocycles. The van der Waals surface area contributed by atoms with Crippen molar-refractivity contribution in [1.29, 1.82) is 0 Å². The first-order valence-corrected chi connectivity index (χ1v) is 11.2. The molecule has 3 atom stereocenters. The van der Waals surface area contributed by atoms with E-state index in [2.05, 4.69) is 15.4 Å². The minimum absolute atomic E-state index is 0.0125. The minimum Gasteiger partial charge on any atom is -0.394 e. The molecule has 1 aromatic carbocycles. The van der Waals surface area contributed by atoms with Crippen molar-refractivity contribution >= 4 is 27.7 Å². The van der Waals surface area contributed by atoms with Gasteiger partial charge in [-0.2, -0.15) is 0 Å². The third-order valence-corrected chi connectivity index (χ3v) is 6.14. The molecule has 0 aromatic heterocycles. The zero-order chi connectivity index (χ0) is 20.7. The Kier molecular flexibility index (Phi) is 8.51. The Morgan fingerprint density at radius 2 is 1.96 bits per heavy atom. The predicted molar refractivity (Wildman–Crippen MR) is 107 cm³/mol. The number of carbonyl (C=O) groups excluding carboxylic acids is 1. The van der Waals surface area contributed by atoms with E-state index in [1.165, 1.54) is 24.3 Å². The average Bonchev–Trinajstić information content (AvgIpc) is 2.62. The van der Waals surface area contributed by atoms with Crippen molar-refractivity contribution in [3.63, 3.8) is 0 Å². The summed E-state index contributed by atoms with van der Waals surface area (Å²) in [5, 5.41) is 15.6. The molecule has 2 rings (SSSR count). The van der Waals surface area contributed by atoms with Crippen LogP contribution in [0, 0.1) is 0 Å². The molecule has 0 spiro atoms. The smallest absolute Gasteiger partial charge is 0.315 e. The summed E-state index contributed by atoms with van der Waals surface area (Å²) in [5.74, 6) is 0. The number of carbonyl (C=O) groups is 1. The SMILES string of the molecule is CC(C)NC(=O)N[C@@H]1CC[C@H](CCNS(=O)(=O)c2ccc(Cl)cc2)O[C@@H]1CO. The maximum atomic E-state index is 12.3. The van der Waals surface area contributed by atoms with Gasteiger partial charge in [0.25, 0.3) is 0 Å². The highest BCUT2D eigenvalue weighted by atomic mass is 35.5. The number of amides is 2.